The Kier molecular flexibility index (Phi) is 11.6. The molecule has 0 aliphatic rings. The molecule has 4 heteroatoms. The average Bonchev–Trinajstić information content (AvgIpc) is 1.90. The van der Waals surface area contributed by atoms with Crippen molar-refractivity contribution in [2.45, 2.75) is 20.8 Å². The molecule has 1 amide bonds. The highest BCUT2D eigenvalue weighted by Crippen LogP contribution is 1.70. The van der Waals surface area contributed by atoms with E-state index in [1.54, 1.807) is 6.26 Å². The van der Waals surface area contributed by atoms with Crippen LogP contribution in [0.3, 0.4) is 0 Å². The van der Waals surface area contributed by atoms with Gasteiger partial charge in [0, 0.05) is 36.3 Å². The highest BCUT2D eigenvalue weighted by molar-refractivity contribution is 7.84. The molecule has 0 spiro atoms. The second kappa shape index (κ2) is 9.62. The van der Waals surface area contributed by atoms with E-state index in [9.17, 15) is 9.00 Å². The van der Waals surface area contributed by atoms with Gasteiger partial charge in [0.25, 0.3) is 0 Å². The highest BCUT2D eigenvalue weighted by atomic mass is 32.2. The number of carbonyl (C=O) groups is 1. The Morgan fingerprint density at radius 1 is 1.45 bits per heavy atom. The van der Waals surface area contributed by atoms with E-state index < -0.39 is 10.8 Å². The van der Waals surface area contributed by atoms with Gasteiger partial charge in [0.2, 0.25) is 5.91 Å². The molecule has 0 aromatic carbocycles. The fourth-order valence-electron chi connectivity index (χ4n) is 0.371. The Morgan fingerprint density at radius 3 is 2.18 bits per heavy atom. The first kappa shape index (κ1) is 13.2. The minimum atomic E-state index is -0.797. The van der Waals surface area contributed by atoms with E-state index in [0.717, 1.165) is 0 Å². The predicted molar refractivity (Wildman–Crippen MR) is 49.0 cm³/mol. The summed E-state index contributed by atoms with van der Waals surface area (Å²) < 4.78 is 10.4. The lowest BCUT2D eigenvalue weighted by Gasteiger charge is -1.96. The summed E-state index contributed by atoms with van der Waals surface area (Å²) in [7, 11) is -0.797. The minimum absolute atomic E-state index is 0.0690. The van der Waals surface area contributed by atoms with Crippen molar-refractivity contribution in [3.63, 3.8) is 0 Å². The Morgan fingerprint density at radius 2 is 1.91 bits per heavy atom. The quantitative estimate of drug-likeness (QED) is 0.687. The second-order valence-corrected chi connectivity index (χ2v) is 3.31. The number of hydrogen-bond donors (Lipinski definition) is 1. The smallest absolute Gasteiger partial charge is 0.216 e. The van der Waals surface area contributed by atoms with Crippen LogP contribution in [-0.2, 0) is 15.6 Å². The van der Waals surface area contributed by atoms with E-state index in [1.165, 1.54) is 6.92 Å². The molecule has 68 valence electrons. The van der Waals surface area contributed by atoms with E-state index in [-0.39, 0.29) is 5.91 Å². The summed E-state index contributed by atoms with van der Waals surface area (Å²) >= 11 is 0. The first-order chi connectivity index (χ1) is 5.13. The van der Waals surface area contributed by atoms with Crippen LogP contribution in [0.2, 0.25) is 0 Å². The Hall–Kier alpha value is -0.380. The lowest BCUT2D eigenvalue weighted by molar-refractivity contribution is -0.118. The van der Waals surface area contributed by atoms with Gasteiger partial charge in [-0.25, -0.2) is 0 Å². The van der Waals surface area contributed by atoms with Crippen molar-refractivity contribution < 1.29 is 9.00 Å². The molecule has 1 N–H and O–H groups in total. The maximum atomic E-state index is 10.4. The monoisotopic (exact) mass is 179 g/mol. The minimum Gasteiger partial charge on any atom is -0.355 e. The van der Waals surface area contributed by atoms with Gasteiger partial charge in [0.05, 0.1) is 0 Å². The zero-order valence-corrected chi connectivity index (χ0v) is 8.46. The molecule has 11 heavy (non-hydrogen) atoms. The molecular weight excluding hydrogens is 162 g/mol. The summed E-state index contributed by atoms with van der Waals surface area (Å²) in [6.07, 6.45) is 1.61. The molecule has 0 aromatic heterocycles. The van der Waals surface area contributed by atoms with Crippen LogP contribution >= 0.6 is 0 Å². The maximum absolute atomic E-state index is 10.4. The number of amides is 1. The largest absolute Gasteiger partial charge is 0.355 e. The molecule has 0 bridgehead atoms. The van der Waals surface area contributed by atoms with Crippen molar-refractivity contribution >= 4 is 16.7 Å². The van der Waals surface area contributed by atoms with Crippen molar-refractivity contribution in [2.75, 3.05) is 18.6 Å². The third kappa shape index (κ3) is 17.7. The third-order valence-corrected chi connectivity index (χ3v) is 1.54. The molecule has 1 atom stereocenters. The van der Waals surface area contributed by atoms with Gasteiger partial charge in [-0.05, 0) is 0 Å². The van der Waals surface area contributed by atoms with Crippen LogP contribution in [0.15, 0.2) is 0 Å². The number of nitrogens with one attached hydrogen (secondary N) is 1. The van der Waals surface area contributed by atoms with Crippen molar-refractivity contribution in [3.8, 4) is 0 Å². The maximum Gasteiger partial charge on any atom is 0.216 e. The van der Waals surface area contributed by atoms with Crippen molar-refractivity contribution in [1.82, 2.24) is 5.32 Å². The van der Waals surface area contributed by atoms with Crippen LogP contribution in [0.1, 0.15) is 20.8 Å². The topological polar surface area (TPSA) is 46.2 Å². The number of carbonyl (C=O) groups excluding carboxylic acids is 1. The molecule has 0 rings (SSSR count). The van der Waals surface area contributed by atoms with Gasteiger partial charge in [0.15, 0.2) is 0 Å². The lowest BCUT2D eigenvalue weighted by atomic mass is 10.6. The summed E-state index contributed by atoms with van der Waals surface area (Å²) in [5.41, 5.74) is 0. The normalized spacial score (nSPS) is 10.9. The number of rotatable bonds is 3. The molecule has 0 fully saturated rings. The van der Waals surface area contributed by atoms with Gasteiger partial charge < -0.3 is 5.32 Å². The summed E-state index contributed by atoms with van der Waals surface area (Å²) in [5.74, 6) is 0.472. The van der Waals surface area contributed by atoms with Gasteiger partial charge in [-0.1, -0.05) is 13.8 Å². The zero-order valence-electron chi connectivity index (χ0n) is 7.64. The Bertz CT molecular complexity index is 112. The predicted octanol–water partition coefficient (Wildman–Crippen LogP) is 0.527. The van der Waals surface area contributed by atoms with Crippen LogP contribution in [0.4, 0.5) is 0 Å². The summed E-state index contributed by atoms with van der Waals surface area (Å²) in [6.45, 7) is 5.96. The van der Waals surface area contributed by atoms with Crippen molar-refractivity contribution in [3.05, 3.63) is 0 Å². The van der Waals surface area contributed by atoms with Gasteiger partial charge in [-0.15, -0.1) is 0 Å². The lowest BCUT2D eigenvalue weighted by Crippen LogP contribution is -2.24. The van der Waals surface area contributed by atoms with E-state index >= 15 is 0 Å². The zero-order chi connectivity index (χ0) is 9.28. The van der Waals surface area contributed by atoms with E-state index in [4.69, 9.17) is 0 Å². The Balaban J connectivity index is 0. The molecule has 0 aromatic rings. The van der Waals surface area contributed by atoms with Crippen LogP contribution in [-0.4, -0.2) is 28.7 Å². The molecule has 0 aliphatic carbocycles. The SMILES string of the molecule is CC.CC(=O)NCCS(C)=O. The van der Waals surface area contributed by atoms with E-state index in [0.29, 0.717) is 12.3 Å². The molecule has 0 aliphatic heterocycles. The average molecular weight is 179 g/mol. The fourth-order valence-corrected chi connectivity index (χ4v) is 0.760. The molecular formula is C7H17NO2S. The van der Waals surface area contributed by atoms with Crippen LogP contribution in [0.25, 0.3) is 0 Å². The highest BCUT2D eigenvalue weighted by Gasteiger charge is 1.91. The molecule has 3 nitrogen and oxygen atoms in total. The van der Waals surface area contributed by atoms with Crippen LogP contribution < -0.4 is 5.32 Å². The first-order valence-corrected chi connectivity index (χ1v) is 5.40. The summed E-state index contributed by atoms with van der Waals surface area (Å²) in [4.78, 5) is 10.2. The van der Waals surface area contributed by atoms with Crippen LogP contribution in [0.5, 0.6) is 0 Å². The van der Waals surface area contributed by atoms with Crippen molar-refractivity contribution in [2.24, 2.45) is 0 Å². The van der Waals surface area contributed by atoms with Gasteiger partial charge in [-0.3, -0.25) is 9.00 Å². The fraction of sp³-hybridized carbons (Fsp3) is 0.857. The van der Waals surface area contributed by atoms with Gasteiger partial charge in [0.1, 0.15) is 0 Å². The van der Waals surface area contributed by atoms with Gasteiger partial charge in [-0.2, -0.15) is 0 Å². The first-order valence-electron chi connectivity index (χ1n) is 3.67. The molecule has 0 radical (unpaired) electrons. The Labute approximate surface area is 71.0 Å². The molecule has 0 heterocycles. The third-order valence-electron chi connectivity index (χ3n) is 0.763. The van der Waals surface area contributed by atoms with E-state index in [2.05, 4.69) is 5.32 Å². The molecule has 0 saturated heterocycles. The van der Waals surface area contributed by atoms with E-state index in [1.807, 2.05) is 13.8 Å². The second-order valence-electron chi connectivity index (χ2n) is 1.76. The van der Waals surface area contributed by atoms with Gasteiger partial charge >= 0.3 is 0 Å². The van der Waals surface area contributed by atoms with Crippen LogP contribution in [0, 0.1) is 0 Å². The standard InChI is InChI=1S/C5H11NO2S.C2H6/c1-5(7)6-3-4-9(2)8;1-2/h3-4H2,1-2H3,(H,6,7);1-2H3. The summed E-state index contributed by atoms with van der Waals surface area (Å²) in [5, 5.41) is 2.54. The molecule has 0 saturated carbocycles. The molecule has 1 unspecified atom stereocenters. The summed E-state index contributed by atoms with van der Waals surface area (Å²) in [6, 6.07) is 0. The number of hydrogen-bond acceptors (Lipinski definition) is 2. The van der Waals surface area contributed by atoms with Crippen molar-refractivity contribution in [1.29, 1.82) is 0 Å².